The molecule has 7 nitrogen and oxygen atoms in total. The van der Waals surface area contributed by atoms with E-state index in [1.165, 1.54) is 0 Å². The highest BCUT2D eigenvalue weighted by molar-refractivity contribution is 5.33. The number of likely N-dealkylation sites (N-methyl/N-ethyl adjacent to an activating group) is 1. The van der Waals surface area contributed by atoms with E-state index >= 15 is 0 Å². The molecule has 0 aliphatic carbocycles. The van der Waals surface area contributed by atoms with Crippen molar-refractivity contribution in [2.75, 3.05) is 57.5 Å². The van der Waals surface area contributed by atoms with Crippen LogP contribution in [-0.4, -0.2) is 71.6 Å². The quantitative estimate of drug-likeness (QED) is 0.845. The molecule has 2 N–H and O–H groups in total. The number of piperazine rings is 1. The molecule has 0 spiro atoms. The van der Waals surface area contributed by atoms with Crippen LogP contribution in [0.3, 0.4) is 0 Å². The van der Waals surface area contributed by atoms with Crippen LogP contribution in [0.2, 0.25) is 0 Å². The van der Waals surface area contributed by atoms with Gasteiger partial charge in [-0.25, -0.2) is 0 Å². The van der Waals surface area contributed by atoms with Crippen molar-refractivity contribution in [3.63, 3.8) is 0 Å². The van der Waals surface area contributed by atoms with E-state index in [0.29, 0.717) is 5.95 Å². The molecule has 2 heterocycles. The molecule has 1 unspecified atom stereocenters. The van der Waals surface area contributed by atoms with Gasteiger partial charge in [0.2, 0.25) is 11.9 Å². The first-order chi connectivity index (χ1) is 9.51. The summed E-state index contributed by atoms with van der Waals surface area (Å²) in [5.41, 5.74) is 5.79. The predicted molar refractivity (Wildman–Crippen MR) is 80.7 cm³/mol. The zero-order chi connectivity index (χ0) is 14.7. The van der Waals surface area contributed by atoms with Gasteiger partial charge in [-0.3, -0.25) is 4.90 Å². The molecule has 2 rings (SSSR count). The number of anilines is 2. The van der Waals surface area contributed by atoms with Crippen molar-refractivity contribution in [3.05, 3.63) is 5.82 Å². The van der Waals surface area contributed by atoms with Gasteiger partial charge in [0.1, 0.15) is 0 Å². The van der Waals surface area contributed by atoms with Crippen LogP contribution >= 0.6 is 0 Å². The van der Waals surface area contributed by atoms with Gasteiger partial charge in [0, 0.05) is 40.3 Å². The van der Waals surface area contributed by atoms with Gasteiger partial charge < -0.3 is 15.5 Å². The second-order valence-corrected chi connectivity index (χ2v) is 5.39. The number of aromatic nitrogens is 3. The molecule has 1 aliphatic rings. The van der Waals surface area contributed by atoms with E-state index in [4.69, 9.17) is 5.73 Å². The van der Waals surface area contributed by atoms with Gasteiger partial charge in [0.25, 0.3) is 0 Å². The second kappa shape index (κ2) is 6.32. The minimum atomic E-state index is 0.165. The highest BCUT2D eigenvalue weighted by atomic mass is 15.3. The first-order valence-electron chi connectivity index (χ1n) is 7.16. The fourth-order valence-electron chi connectivity index (χ4n) is 2.41. The fraction of sp³-hybridized carbons (Fsp3) is 0.769. The van der Waals surface area contributed by atoms with Gasteiger partial charge in [-0.15, -0.1) is 0 Å². The van der Waals surface area contributed by atoms with E-state index in [1.807, 2.05) is 19.0 Å². The van der Waals surface area contributed by atoms with Crippen molar-refractivity contribution in [1.29, 1.82) is 0 Å². The van der Waals surface area contributed by atoms with Gasteiger partial charge in [0.05, 0.1) is 6.04 Å². The summed E-state index contributed by atoms with van der Waals surface area (Å²) in [7, 11) is 3.81. The number of nitrogen functional groups attached to an aromatic ring is 1. The Bertz CT molecular complexity index is 440. The molecule has 112 valence electrons. The minimum absolute atomic E-state index is 0.165. The first-order valence-corrected chi connectivity index (χ1v) is 7.16. The standard InChI is InChI=1S/C13H25N7/c1-5-19-6-8-20(9-7-19)10(2)11-15-12(14)17-13(16-11)18(3)4/h10H,5-9H2,1-4H3,(H2,14,15,16,17). The highest BCUT2D eigenvalue weighted by Crippen LogP contribution is 2.20. The van der Waals surface area contributed by atoms with Crippen molar-refractivity contribution in [1.82, 2.24) is 24.8 Å². The van der Waals surface area contributed by atoms with E-state index in [0.717, 1.165) is 38.5 Å². The summed E-state index contributed by atoms with van der Waals surface area (Å²) in [6.45, 7) is 9.73. The molecule has 20 heavy (non-hydrogen) atoms. The van der Waals surface area contributed by atoms with Crippen LogP contribution in [0.25, 0.3) is 0 Å². The number of hydrogen-bond donors (Lipinski definition) is 1. The average Bonchev–Trinajstić information content (AvgIpc) is 2.46. The zero-order valence-electron chi connectivity index (χ0n) is 12.9. The normalized spacial score (nSPS) is 19.0. The molecular weight excluding hydrogens is 254 g/mol. The molecule has 1 aliphatic heterocycles. The van der Waals surface area contributed by atoms with Crippen LogP contribution in [0.5, 0.6) is 0 Å². The monoisotopic (exact) mass is 279 g/mol. The molecule has 1 atom stereocenters. The van der Waals surface area contributed by atoms with E-state index in [1.54, 1.807) is 0 Å². The second-order valence-electron chi connectivity index (χ2n) is 5.39. The van der Waals surface area contributed by atoms with Crippen molar-refractivity contribution in [3.8, 4) is 0 Å². The van der Waals surface area contributed by atoms with Crippen LogP contribution in [0.4, 0.5) is 11.9 Å². The Morgan fingerprint density at radius 3 is 2.35 bits per heavy atom. The minimum Gasteiger partial charge on any atom is -0.368 e. The molecule has 0 bridgehead atoms. The lowest BCUT2D eigenvalue weighted by Gasteiger charge is -2.37. The van der Waals surface area contributed by atoms with Crippen LogP contribution in [0.15, 0.2) is 0 Å². The molecule has 1 saturated heterocycles. The lowest BCUT2D eigenvalue weighted by molar-refractivity contribution is 0.103. The van der Waals surface area contributed by atoms with E-state index in [9.17, 15) is 0 Å². The first kappa shape index (κ1) is 14.9. The summed E-state index contributed by atoms with van der Waals surface area (Å²) in [6, 6.07) is 0.165. The largest absolute Gasteiger partial charge is 0.368 e. The van der Waals surface area contributed by atoms with Crippen molar-refractivity contribution < 1.29 is 0 Å². The van der Waals surface area contributed by atoms with E-state index in [-0.39, 0.29) is 12.0 Å². The molecule has 0 saturated carbocycles. The highest BCUT2D eigenvalue weighted by Gasteiger charge is 2.24. The lowest BCUT2D eigenvalue weighted by atomic mass is 10.2. The summed E-state index contributed by atoms with van der Waals surface area (Å²) in [5.74, 6) is 1.66. The maximum absolute atomic E-state index is 5.79. The Labute approximate surface area is 120 Å². The predicted octanol–water partition coefficient (Wildman–Crippen LogP) is 0.218. The summed E-state index contributed by atoms with van der Waals surface area (Å²) in [4.78, 5) is 19.7. The molecular formula is C13H25N7. The van der Waals surface area contributed by atoms with Gasteiger partial charge in [0.15, 0.2) is 5.82 Å². The van der Waals surface area contributed by atoms with Crippen molar-refractivity contribution in [2.45, 2.75) is 19.9 Å². The van der Waals surface area contributed by atoms with Crippen LogP contribution in [0, 0.1) is 0 Å². The van der Waals surface area contributed by atoms with Crippen LogP contribution in [0.1, 0.15) is 25.7 Å². The number of rotatable bonds is 4. The molecule has 0 radical (unpaired) electrons. The van der Waals surface area contributed by atoms with Gasteiger partial charge >= 0.3 is 0 Å². The summed E-state index contributed by atoms with van der Waals surface area (Å²) < 4.78 is 0. The van der Waals surface area contributed by atoms with E-state index < -0.39 is 0 Å². The topological polar surface area (TPSA) is 74.4 Å². The van der Waals surface area contributed by atoms with Crippen LogP contribution < -0.4 is 10.6 Å². The Balaban J connectivity index is 2.11. The third kappa shape index (κ3) is 3.34. The van der Waals surface area contributed by atoms with Crippen LogP contribution in [-0.2, 0) is 0 Å². The molecule has 0 amide bonds. The van der Waals surface area contributed by atoms with Gasteiger partial charge in [-0.1, -0.05) is 6.92 Å². The number of hydrogen-bond acceptors (Lipinski definition) is 7. The number of nitrogens with zero attached hydrogens (tertiary/aromatic N) is 6. The lowest BCUT2D eigenvalue weighted by Crippen LogP contribution is -2.47. The molecule has 1 aromatic rings. The molecule has 0 aromatic carbocycles. The van der Waals surface area contributed by atoms with E-state index in [2.05, 4.69) is 38.6 Å². The maximum Gasteiger partial charge on any atom is 0.229 e. The Hall–Kier alpha value is -1.47. The Kier molecular flexibility index (Phi) is 4.72. The SMILES string of the molecule is CCN1CCN(C(C)c2nc(N)nc(N(C)C)n2)CC1. The third-order valence-corrected chi connectivity index (χ3v) is 3.83. The van der Waals surface area contributed by atoms with Gasteiger partial charge in [-0.2, -0.15) is 15.0 Å². The Morgan fingerprint density at radius 2 is 1.80 bits per heavy atom. The number of nitrogens with two attached hydrogens (primary N) is 1. The average molecular weight is 279 g/mol. The zero-order valence-corrected chi connectivity index (χ0v) is 12.9. The van der Waals surface area contributed by atoms with Crippen molar-refractivity contribution in [2.24, 2.45) is 0 Å². The molecule has 7 heteroatoms. The summed E-state index contributed by atoms with van der Waals surface area (Å²) in [6.07, 6.45) is 0. The Morgan fingerprint density at radius 1 is 1.15 bits per heavy atom. The summed E-state index contributed by atoms with van der Waals surface area (Å²) in [5, 5.41) is 0. The smallest absolute Gasteiger partial charge is 0.229 e. The third-order valence-electron chi connectivity index (χ3n) is 3.83. The fourth-order valence-corrected chi connectivity index (χ4v) is 2.41. The summed E-state index contributed by atoms with van der Waals surface area (Å²) >= 11 is 0. The van der Waals surface area contributed by atoms with Crippen molar-refractivity contribution >= 4 is 11.9 Å². The van der Waals surface area contributed by atoms with Gasteiger partial charge in [-0.05, 0) is 13.5 Å². The molecule has 1 fully saturated rings. The molecule has 1 aromatic heterocycles. The maximum atomic E-state index is 5.79.